The van der Waals surface area contributed by atoms with Gasteiger partial charge in [0.2, 0.25) is 0 Å². The number of likely N-dealkylation sites (tertiary alicyclic amines) is 1. The second-order valence-corrected chi connectivity index (χ2v) is 6.35. The van der Waals surface area contributed by atoms with Crippen LogP contribution in [0.3, 0.4) is 0 Å². The maximum atomic E-state index is 12.5. The molecular formula is C18H23N3O3. The van der Waals surface area contributed by atoms with E-state index in [4.69, 9.17) is 4.74 Å². The van der Waals surface area contributed by atoms with E-state index in [1.807, 2.05) is 30.3 Å². The van der Waals surface area contributed by atoms with E-state index in [9.17, 15) is 9.90 Å². The zero-order valence-electron chi connectivity index (χ0n) is 13.9. The molecule has 128 valence electrons. The third-order valence-electron chi connectivity index (χ3n) is 4.39. The summed E-state index contributed by atoms with van der Waals surface area (Å²) in [5.41, 5.74) is -0.460. The number of para-hydroxylation sites is 1. The highest BCUT2D eigenvalue weighted by molar-refractivity contribution is 5.92. The molecule has 6 heteroatoms. The standard InChI is InChI=1S/C18H23N3O3/c1-20-12-8-16(19-20)17(22)21-11-5-9-18(23,10-13-21)14-24-15-6-3-2-4-7-15/h2-4,6-8,12,23H,5,9-11,13-14H2,1H3. The van der Waals surface area contributed by atoms with Gasteiger partial charge in [0, 0.05) is 26.3 Å². The van der Waals surface area contributed by atoms with Gasteiger partial charge in [-0.05, 0) is 37.5 Å². The van der Waals surface area contributed by atoms with Crippen molar-refractivity contribution >= 4 is 5.91 Å². The quantitative estimate of drug-likeness (QED) is 0.930. The number of nitrogens with zero attached hydrogens (tertiary/aromatic N) is 3. The molecule has 3 rings (SSSR count). The van der Waals surface area contributed by atoms with Gasteiger partial charge in [0.1, 0.15) is 23.7 Å². The summed E-state index contributed by atoms with van der Waals surface area (Å²) in [6.45, 7) is 1.37. The summed E-state index contributed by atoms with van der Waals surface area (Å²) >= 11 is 0. The zero-order chi connectivity index (χ0) is 17.0. The molecule has 1 aliphatic heterocycles. The SMILES string of the molecule is Cn1ccc(C(=O)N2CCCC(O)(COc3ccccc3)CC2)n1. The molecule has 24 heavy (non-hydrogen) atoms. The maximum absolute atomic E-state index is 12.5. The van der Waals surface area contributed by atoms with Crippen molar-refractivity contribution < 1.29 is 14.6 Å². The number of aryl methyl sites for hydroxylation is 1. The van der Waals surface area contributed by atoms with E-state index in [0.717, 1.165) is 12.2 Å². The van der Waals surface area contributed by atoms with Gasteiger partial charge in [-0.1, -0.05) is 18.2 Å². The molecule has 0 aliphatic carbocycles. The van der Waals surface area contributed by atoms with Crippen LogP contribution in [0.1, 0.15) is 29.8 Å². The molecule has 1 amide bonds. The second-order valence-electron chi connectivity index (χ2n) is 6.35. The normalized spacial score (nSPS) is 21.3. The molecule has 0 saturated carbocycles. The van der Waals surface area contributed by atoms with Crippen LogP contribution in [0.4, 0.5) is 0 Å². The molecule has 2 heterocycles. The minimum atomic E-state index is -0.908. The van der Waals surface area contributed by atoms with Crippen molar-refractivity contribution in [1.29, 1.82) is 0 Å². The average molecular weight is 329 g/mol. The van der Waals surface area contributed by atoms with Gasteiger partial charge in [0.05, 0.1) is 0 Å². The molecule has 1 unspecified atom stereocenters. The van der Waals surface area contributed by atoms with Crippen molar-refractivity contribution in [3.05, 3.63) is 48.3 Å². The number of hydrogen-bond donors (Lipinski definition) is 1. The number of hydrogen-bond acceptors (Lipinski definition) is 4. The van der Waals surface area contributed by atoms with Crippen molar-refractivity contribution in [3.63, 3.8) is 0 Å². The van der Waals surface area contributed by atoms with Crippen LogP contribution in [0.5, 0.6) is 5.75 Å². The Bertz CT molecular complexity index is 686. The minimum Gasteiger partial charge on any atom is -0.491 e. The Morgan fingerprint density at radius 3 is 2.75 bits per heavy atom. The van der Waals surface area contributed by atoms with Gasteiger partial charge in [-0.2, -0.15) is 5.10 Å². The van der Waals surface area contributed by atoms with E-state index in [2.05, 4.69) is 5.10 Å². The summed E-state index contributed by atoms with van der Waals surface area (Å²) < 4.78 is 7.34. The Morgan fingerprint density at radius 1 is 1.25 bits per heavy atom. The molecule has 1 atom stereocenters. The number of benzene rings is 1. The predicted molar refractivity (Wildman–Crippen MR) is 89.8 cm³/mol. The van der Waals surface area contributed by atoms with Crippen molar-refractivity contribution in [2.45, 2.75) is 24.9 Å². The lowest BCUT2D eigenvalue weighted by molar-refractivity contribution is -0.0163. The van der Waals surface area contributed by atoms with Gasteiger partial charge in [0.25, 0.3) is 5.91 Å². The topological polar surface area (TPSA) is 67.6 Å². The van der Waals surface area contributed by atoms with Gasteiger partial charge in [-0.3, -0.25) is 9.48 Å². The minimum absolute atomic E-state index is 0.0798. The van der Waals surface area contributed by atoms with Gasteiger partial charge in [0.15, 0.2) is 0 Å². The highest BCUT2D eigenvalue weighted by Gasteiger charge is 2.33. The third-order valence-corrected chi connectivity index (χ3v) is 4.39. The average Bonchev–Trinajstić information content (AvgIpc) is 2.93. The van der Waals surface area contributed by atoms with E-state index < -0.39 is 5.60 Å². The Labute approximate surface area is 141 Å². The first-order valence-electron chi connectivity index (χ1n) is 8.25. The van der Waals surface area contributed by atoms with E-state index in [1.165, 1.54) is 0 Å². The van der Waals surface area contributed by atoms with Gasteiger partial charge in [-0.25, -0.2) is 0 Å². The van der Waals surface area contributed by atoms with Crippen LogP contribution >= 0.6 is 0 Å². The molecule has 0 bridgehead atoms. The third kappa shape index (κ3) is 3.94. The molecule has 1 aromatic heterocycles. The number of carbonyl (C=O) groups excluding carboxylic acids is 1. The van der Waals surface area contributed by atoms with Gasteiger partial charge < -0.3 is 14.7 Å². The Hall–Kier alpha value is -2.34. The zero-order valence-corrected chi connectivity index (χ0v) is 13.9. The van der Waals surface area contributed by atoms with Crippen LogP contribution in [0.2, 0.25) is 0 Å². The van der Waals surface area contributed by atoms with E-state index in [0.29, 0.717) is 31.6 Å². The summed E-state index contributed by atoms with van der Waals surface area (Å²) in [4.78, 5) is 14.3. The Morgan fingerprint density at radius 2 is 2.04 bits per heavy atom. The molecule has 1 N–H and O–H groups in total. The highest BCUT2D eigenvalue weighted by Crippen LogP contribution is 2.24. The fourth-order valence-electron chi connectivity index (χ4n) is 2.95. The smallest absolute Gasteiger partial charge is 0.274 e. The molecule has 2 aromatic rings. The lowest BCUT2D eigenvalue weighted by Crippen LogP contribution is -2.38. The molecule has 1 aliphatic rings. The summed E-state index contributed by atoms with van der Waals surface area (Å²) in [6.07, 6.45) is 3.62. The molecule has 1 saturated heterocycles. The van der Waals surface area contributed by atoms with Crippen LogP contribution in [-0.4, -0.2) is 51.0 Å². The largest absolute Gasteiger partial charge is 0.491 e. The molecule has 6 nitrogen and oxygen atoms in total. The van der Waals surface area contributed by atoms with Gasteiger partial charge in [-0.15, -0.1) is 0 Å². The molecule has 0 spiro atoms. The van der Waals surface area contributed by atoms with Crippen LogP contribution in [0.15, 0.2) is 42.6 Å². The highest BCUT2D eigenvalue weighted by atomic mass is 16.5. The van der Waals surface area contributed by atoms with E-state index >= 15 is 0 Å². The lowest BCUT2D eigenvalue weighted by atomic mass is 9.96. The predicted octanol–water partition coefficient (Wildman–Crippen LogP) is 1.86. The van der Waals surface area contributed by atoms with Crippen LogP contribution in [-0.2, 0) is 7.05 Å². The first-order valence-corrected chi connectivity index (χ1v) is 8.25. The fraction of sp³-hybridized carbons (Fsp3) is 0.444. The van der Waals surface area contributed by atoms with Crippen molar-refractivity contribution in [1.82, 2.24) is 14.7 Å². The number of rotatable bonds is 4. The first kappa shape index (κ1) is 16.5. The van der Waals surface area contributed by atoms with E-state index in [1.54, 1.807) is 28.9 Å². The number of ether oxygens (including phenoxy) is 1. The maximum Gasteiger partial charge on any atom is 0.274 e. The summed E-state index contributed by atoms with van der Waals surface area (Å²) in [7, 11) is 1.79. The first-order chi connectivity index (χ1) is 11.6. The van der Waals surface area contributed by atoms with Gasteiger partial charge >= 0.3 is 0 Å². The van der Waals surface area contributed by atoms with Crippen LogP contribution < -0.4 is 4.74 Å². The number of carbonyl (C=O) groups is 1. The lowest BCUT2D eigenvalue weighted by Gasteiger charge is -2.26. The number of amides is 1. The molecule has 0 radical (unpaired) electrons. The van der Waals surface area contributed by atoms with Crippen LogP contribution in [0, 0.1) is 0 Å². The summed E-state index contributed by atoms with van der Waals surface area (Å²) in [5, 5.41) is 15.0. The number of aromatic nitrogens is 2. The Balaban J connectivity index is 1.58. The Kier molecular flexibility index (Phi) is 4.85. The fourth-order valence-corrected chi connectivity index (χ4v) is 2.95. The second kappa shape index (κ2) is 7.05. The molecular weight excluding hydrogens is 306 g/mol. The summed E-state index contributed by atoms with van der Waals surface area (Å²) in [6, 6.07) is 11.2. The van der Waals surface area contributed by atoms with Crippen molar-refractivity contribution in [2.75, 3.05) is 19.7 Å². The summed E-state index contributed by atoms with van der Waals surface area (Å²) in [5.74, 6) is 0.667. The number of aliphatic hydroxyl groups is 1. The monoisotopic (exact) mass is 329 g/mol. The van der Waals surface area contributed by atoms with Crippen molar-refractivity contribution in [2.24, 2.45) is 7.05 Å². The molecule has 1 aromatic carbocycles. The van der Waals surface area contributed by atoms with Crippen LogP contribution in [0.25, 0.3) is 0 Å². The van der Waals surface area contributed by atoms with Crippen molar-refractivity contribution in [3.8, 4) is 5.75 Å². The molecule has 1 fully saturated rings. The van der Waals surface area contributed by atoms with E-state index in [-0.39, 0.29) is 12.5 Å².